The third kappa shape index (κ3) is 3.76. The summed E-state index contributed by atoms with van der Waals surface area (Å²) in [5, 5.41) is 0. The van der Waals surface area contributed by atoms with E-state index in [4.69, 9.17) is 10.5 Å². The molecule has 0 aliphatic rings. The van der Waals surface area contributed by atoms with Gasteiger partial charge in [-0.2, -0.15) is 0 Å². The van der Waals surface area contributed by atoms with Gasteiger partial charge in [0.25, 0.3) is 6.43 Å². The Hall–Kier alpha value is -0.990. The molecule has 0 saturated carbocycles. The summed E-state index contributed by atoms with van der Waals surface area (Å²) in [7, 11) is 0. The second-order valence-electron chi connectivity index (χ2n) is 3.18. The van der Waals surface area contributed by atoms with Crippen LogP contribution in [0.5, 0.6) is 0 Å². The fourth-order valence-corrected chi connectivity index (χ4v) is 1.92. The Labute approximate surface area is 111 Å². The van der Waals surface area contributed by atoms with E-state index in [1.54, 1.807) is 29.5 Å². The highest BCUT2D eigenvalue weighted by atomic mass is 127. The lowest BCUT2D eigenvalue weighted by Gasteiger charge is -2.11. The van der Waals surface area contributed by atoms with Gasteiger partial charge in [0, 0.05) is 11.1 Å². The molecule has 0 spiro atoms. The topological polar surface area (TPSA) is 65.2 Å². The normalized spacial score (nSPS) is 10.6. The second-order valence-corrected chi connectivity index (χ2v) is 4.29. The molecule has 0 fully saturated rings. The van der Waals surface area contributed by atoms with Crippen LogP contribution in [0.1, 0.15) is 24.5 Å². The van der Waals surface area contributed by atoms with Crippen molar-refractivity contribution >= 4 is 34.4 Å². The maximum absolute atomic E-state index is 12.8. The van der Waals surface area contributed by atoms with Crippen molar-refractivity contribution in [2.45, 2.75) is 19.8 Å². The predicted molar refractivity (Wildman–Crippen MR) is 66.7 cm³/mol. The highest BCUT2D eigenvalue weighted by Gasteiger charge is 2.20. The molecule has 0 bridgehead atoms. The molecule has 1 heterocycles. The molecule has 2 N–H and O–H groups in total. The Balaban J connectivity index is 3.08. The SMILES string of the molecule is CCOC(=O)Cc1c(C(F)F)cc(I)nc1N. The minimum absolute atomic E-state index is 0.0406. The molecule has 17 heavy (non-hydrogen) atoms. The Bertz CT molecular complexity index is 427. The molecular weight excluding hydrogens is 345 g/mol. The Morgan fingerprint density at radius 3 is 2.82 bits per heavy atom. The van der Waals surface area contributed by atoms with Crippen LogP contribution in [0.2, 0.25) is 0 Å². The van der Waals surface area contributed by atoms with Gasteiger partial charge in [-0.1, -0.05) is 0 Å². The zero-order valence-electron chi connectivity index (χ0n) is 9.04. The molecule has 0 aliphatic heterocycles. The van der Waals surface area contributed by atoms with Crippen LogP contribution in [0.4, 0.5) is 14.6 Å². The van der Waals surface area contributed by atoms with Crippen LogP contribution in [0.25, 0.3) is 0 Å². The minimum Gasteiger partial charge on any atom is -0.466 e. The Morgan fingerprint density at radius 2 is 2.29 bits per heavy atom. The van der Waals surface area contributed by atoms with Gasteiger partial charge in [-0.25, -0.2) is 13.8 Å². The van der Waals surface area contributed by atoms with E-state index in [2.05, 4.69) is 4.98 Å². The number of nitrogens with two attached hydrogens (primary N) is 1. The second kappa shape index (κ2) is 6.08. The van der Waals surface area contributed by atoms with Crippen LogP contribution < -0.4 is 5.73 Å². The quantitative estimate of drug-likeness (QED) is 0.511. The molecule has 0 amide bonds. The van der Waals surface area contributed by atoms with Gasteiger partial charge in [0.2, 0.25) is 0 Å². The number of aromatic nitrogens is 1. The van der Waals surface area contributed by atoms with Crippen LogP contribution in [0.3, 0.4) is 0 Å². The summed E-state index contributed by atoms with van der Waals surface area (Å²) >= 11 is 1.79. The van der Waals surface area contributed by atoms with E-state index < -0.39 is 12.4 Å². The van der Waals surface area contributed by atoms with Crippen molar-refractivity contribution in [1.29, 1.82) is 0 Å². The van der Waals surface area contributed by atoms with Crippen LogP contribution >= 0.6 is 22.6 Å². The van der Waals surface area contributed by atoms with Crippen LogP contribution in [-0.2, 0) is 16.0 Å². The Morgan fingerprint density at radius 1 is 1.65 bits per heavy atom. The predicted octanol–water partition coefficient (Wildman–Crippen LogP) is 2.31. The number of carbonyl (C=O) groups is 1. The van der Waals surface area contributed by atoms with Crippen LogP contribution in [0.15, 0.2) is 6.07 Å². The fraction of sp³-hybridized carbons (Fsp3) is 0.400. The summed E-state index contributed by atoms with van der Waals surface area (Å²) < 4.78 is 30.6. The number of halogens is 3. The fourth-order valence-electron chi connectivity index (χ4n) is 1.32. The van der Waals surface area contributed by atoms with Crippen molar-refractivity contribution in [3.05, 3.63) is 20.9 Å². The zero-order chi connectivity index (χ0) is 13.0. The number of carbonyl (C=O) groups excluding carboxylic acids is 1. The summed E-state index contributed by atoms with van der Waals surface area (Å²) in [6.07, 6.45) is -2.98. The van der Waals surface area contributed by atoms with Crippen molar-refractivity contribution < 1.29 is 18.3 Å². The minimum atomic E-state index is -2.70. The lowest BCUT2D eigenvalue weighted by atomic mass is 10.1. The highest BCUT2D eigenvalue weighted by molar-refractivity contribution is 14.1. The van der Waals surface area contributed by atoms with Gasteiger partial charge in [-0.05, 0) is 35.6 Å². The average Bonchev–Trinajstić information content (AvgIpc) is 2.21. The van der Waals surface area contributed by atoms with Gasteiger partial charge in [-0.3, -0.25) is 4.79 Å². The number of hydrogen-bond donors (Lipinski definition) is 1. The van der Waals surface area contributed by atoms with Gasteiger partial charge in [0.15, 0.2) is 0 Å². The summed E-state index contributed by atoms with van der Waals surface area (Å²) in [4.78, 5) is 15.1. The van der Waals surface area contributed by atoms with Crippen molar-refractivity contribution in [3.8, 4) is 0 Å². The number of nitrogen functional groups attached to an aromatic ring is 1. The van der Waals surface area contributed by atoms with Crippen molar-refractivity contribution in [2.75, 3.05) is 12.3 Å². The summed E-state index contributed by atoms with van der Waals surface area (Å²) in [5.41, 5.74) is 5.32. The van der Waals surface area contributed by atoms with E-state index in [-0.39, 0.29) is 30.0 Å². The third-order valence-corrected chi connectivity index (χ3v) is 2.57. The molecule has 0 radical (unpaired) electrons. The first-order valence-corrected chi connectivity index (χ1v) is 5.92. The molecule has 7 heteroatoms. The molecule has 0 aliphatic carbocycles. The molecule has 0 saturated heterocycles. The molecular formula is C10H11F2IN2O2. The zero-order valence-corrected chi connectivity index (χ0v) is 11.2. The van der Waals surface area contributed by atoms with Gasteiger partial charge in [-0.15, -0.1) is 0 Å². The summed E-state index contributed by atoms with van der Waals surface area (Å²) in [5.74, 6) is -0.649. The highest BCUT2D eigenvalue weighted by Crippen LogP contribution is 2.28. The molecule has 1 rings (SSSR count). The molecule has 1 aromatic rings. The maximum atomic E-state index is 12.8. The number of hydrogen-bond acceptors (Lipinski definition) is 4. The van der Waals surface area contributed by atoms with Crippen LogP contribution in [-0.4, -0.2) is 17.6 Å². The van der Waals surface area contributed by atoms with Gasteiger partial charge < -0.3 is 10.5 Å². The van der Waals surface area contributed by atoms with E-state index in [1.807, 2.05) is 0 Å². The largest absolute Gasteiger partial charge is 0.466 e. The summed E-state index contributed by atoms with van der Waals surface area (Å²) in [6.45, 7) is 1.84. The number of anilines is 1. The first-order valence-electron chi connectivity index (χ1n) is 4.84. The molecule has 0 aromatic carbocycles. The van der Waals surface area contributed by atoms with Gasteiger partial charge in [0.1, 0.15) is 9.52 Å². The van der Waals surface area contributed by atoms with E-state index in [0.29, 0.717) is 3.70 Å². The molecule has 4 nitrogen and oxygen atoms in total. The van der Waals surface area contributed by atoms with E-state index in [9.17, 15) is 13.6 Å². The van der Waals surface area contributed by atoms with Crippen molar-refractivity contribution in [3.63, 3.8) is 0 Å². The maximum Gasteiger partial charge on any atom is 0.310 e. The third-order valence-electron chi connectivity index (χ3n) is 2.02. The number of pyridine rings is 1. The standard InChI is InChI=1S/C10H11F2IN2O2/c1-2-17-8(16)4-6-5(9(11)12)3-7(13)15-10(6)14/h3,9H,2,4H2,1H3,(H2,14,15). The van der Waals surface area contributed by atoms with Gasteiger partial charge in [0.05, 0.1) is 13.0 Å². The average molecular weight is 356 g/mol. The molecule has 0 unspecified atom stereocenters. The van der Waals surface area contributed by atoms with Gasteiger partial charge >= 0.3 is 5.97 Å². The number of alkyl halides is 2. The first kappa shape index (κ1) is 14.1. The smallest absolute Gasteiger partial charge is 0.310 e. The lowest BCUT2D eigenvalue weighted by molar-refractivity contribution is -0.142. The monoisotopic (exact) mass is 356 g/mol. The number of esters is 1. The van der Waals surface area contributed by atoms with Crippen LogP contribution in [0, 0.1) is 3.70 Å². The summed E-state index contributed by atoms with van der Waals surface area (Å²) in [6, 6.07) is 1.22. The molecule has 0 atom stereocenters. The van der Waals surface area contributed by atoms with Crippen molar-refractivity contribution in [1.82, 2.24) is 4.98 Å². The lowest BCUT2D eigenvalue weighted by Crippen LogP contribution is -2.13. The molecule has 94 valence electrons. The van der Waals surface area contributed by atoms with Crippen molar-refractivity contribution in [2.24, 2.45) is 0 Å². The van der Waals surface area contributed by atoms with E-state index in [0.717, 1.165) is 0 Å². The Kier molecular flexibility index (Phi) is 5.03. The first-order chi connectivity index (χ1) is 7.95. The molecule has 1 aromatic heterocycles. The number of ether oxygens (including phenoxy) is 1. The van der Waals surface area contributed by atoms with E-state index in [1.165, 1.54) is 6.07 Å². The van der Waals surface area contributed by atoms with E-state index >= 15 is 0 Å². The number of rotatable bonds is 4. The number of nitrogens with zero attached hydrogens (tertiary/aromatic N) is 1.